The molecule has 3 heterocycles. The Kier molecular flexibility index (Phi) is 6.52. The van der Waals surface area contributed by atoms with Gasteiger partial charge < -0.3 is 29.2 Å². The fraction of sp³-hybridized carbons (Fsp3) is 0.897. The second kappa shape index (κ2) is 8.90. The van der Waals surface area contributed by atoms with E-state index in [0.717, 1.165) is 25.7 Å². The molecule has 7 fully saturated rings. The van der Waals surface area contributed by atoms with E-state index in [2.05, 4.69) is 0 Å². The third-order valence-electron chi connectivity index (χ3n) is 10.2. The van der Waals surface area contributed by atoms with E-state index in [1.807, 2.05) is 41.5 Å². The van der Waals surface area contributed by atoms with Crippen molar-refractivity contribution >= 4 is 17.9 Å². The molecule has 0 aromatic carbocycles. The summed E-state index contributed by atoms with van der Waals surface area (Å²) in [6, 6.07) is 0. The molecule has 0 radical (unpaired) electrons. The van der Waals surface area contributed by atoms with Crippen LogP contribution in [-0.2, 0) is 33.3 Å². The molecule has 3 saturated heterocycles. The van der Waals surface area contributed by atoms with Crippen molar-refractivity contribution in [2.45, 2.75) is 141 Å². The zero-order valence-corrected chi connectivity index (χ0v) is 23.6. The minimum Gasteiger partial charge on any atom is -0.458 e. The lowest BCUT2D eigenvalue weighted by atomic mass is 9.50. The molecule has 9 nitrogen and oxygen atoms in total. The van der Waals surface area contributed by atoms with Crippen LogP contribution in [0.3, 0.4) is 0 Å². The summed E-state index contributed by atoms with van der Waals surface area (Å²) in [5.74, 6) is -0.520. The summed E-state index contributed by atoms with van der Waals surface area (Å²) in [7, 11) is 0. The lowest BCUT2D eigenvalue weighted by Gasteiger charge is -2.62. The molecule has 2 N–H and O–H groups in total. The van der Waals surface area contributed by atoms with E-state index in [0.29, 0.717) is 32.1 Å². The molecule has 7 atom stereocenters. The SMILES string of the molecule is CCC(C)(C)C(=O)OC12CC3CC(O)(CC(O)(C3)C1)C2.CCC(C)(C)C(=O)OC1C2CC3C(=O)OC1C3O2. The van der Waals surface area contributed by atoms with Crippen LogP contribution in [0, 0.1) is 22.7 Å². The van der Waals surface area contributed by atoms with Gasteiger partial charge in [0.25, 0.3) is 0 Å². The topological polar surface area (TPSA) is 129 Å². The smallest absolute Gasteiger partial charge is 0.312 e. The summed E-state index contributed by atoms with van der Waals surface area (Å²) >= 11 is 0. The Morgan fingerprint density at radius 1 is 0.921 bits per heavy atom. The Labute approximate surface area is 224 Å². The van der Waals surface area contributed by atoms with Crippen LogP contribution in [0.5, 0.6) is 0 Å². The van der Waals surface area contributed by atoms with Gasteiger partial charge in [-0.05, 0) is 72.1 Å². The predicted molar refractivity (Wildman–Crippen MR) is 135 cm³/mol. The van der Waals surface area contributed by atoms with Gasteiger partial charge in [-0.25, -0.2) is 0 Å². The highest BCUT2D eigenvalue weighted by Crippen LogP contribution is 2.60. The zero-order chi connectivity index (χ0) is 27.9. The number of ether oxygens (including phenoxy) is 4. The van der Waals surface area contributed by atoms with E-state index in [9.17, 15) is 24.6 Å². The number of aliphatic hydroxyl groups is 2. The van der Waals surface area contributed by atoms with Gasteiger partial charge in [-0.3, -0.25) is 14.4 Å². The average molecular weight is 537 g/mol. The van der Waals surface area contributed by atoms with Crippen molar-refractivity contribution < 1.29 is 43.5 Å². The molecule has 0 aromatic heterocycles. The van der Waals surface area contributed by atoms with Crippen molar-refractivity contribution in [2.24, 2.45) is 22.7 Å². The summed E-state index contributed by atoms with van der Waals surface area (Å²) in [4.78, 5) is 36.0. The van der Waals surface area contributed by atoms with Crippen LogP contribution in [0.25, 0.3) is 0 Å². The molecule has 6 bridgehead atoms. The molecule has 7 rings (SSSR count). The standard InChI is InChI=1S/C16H26O4.C13H18O5/c1-4-13(2,3)12(17)20-16-7-11-5-14(18,9-16)8-15(19,6-11)10-16;1-4-13(2,3)12(15)18-9-7-5-6-8(16-7)10(9)17-11(6)14/h11,18-19H,4-10H2,1-3H3;6-10H,4-5H2,1-3H3. The Morgan fingerprint density at radius 2 is 1.50 bits per heavy atom. The first-order valence-electron chi connectivity index (χ1n) is 14.3. The van der Waals surface area contributed by atoms with Gasteiger partial charge in [0.15, 0.2) is 12.2 Å². The first-order valence-corrected chi connectivity index (χ1v) is 14.3. The van der Waals surface area contributed by atoms with Gasteiger partial charge in [0.2, 0.25) is 0 Å². The first-order chi connectivity index (χ1) is 17.5. The van der Waals surface area contributed by atoms with Gasteiger partial charge in [-0.15, -0.1) is 0 Å². The number of rotatable bonds is 6. The summed E-state index contributed by atoms with van der Waals surface area (Å²) in [5.41, 5.74) is -3.35. The largest absolute Gasteiger partial charge is 0.458 e. The van der Waals surface area contributed by atoms with Crippen LogP contribution in [0.1, 0.15) is 99.3 Å². The minimum atomic E-state index is -0.842. The second-order valence-electron chi connectivity index (χ2n) is 14.3. The predicted octanol–water partition coefficient (Wildman–Crippen LogP) is 3.21. The molecular formula is C29H44O9. The highest BCUT2D eigenvalue weighted by atomic mass is 16.7. The third kappa shape index (κ3) is 4.66. The van der Waals surface area contributed by atoms with Gasteiger partial charge in [0, 0.05) is 19.3 Å². The molecular weight excluding hydrogens is 492 g/mol. The van der Waals surface area contributed by atoms with E-state index < -0.39 is 39.8 Å². The van der Waals surface area contributed by atoms with Crippen molar-refractivity contribution in [3.8, 4) is 0 Å². The molecule has 9 heteroatoms. The summed E-state index contributed by atoms with van der Waals surface area (Å²) in [5, 5.41) is 21.3. The third-order valence-corrected chi connectivity index (χ3v) is 10.2. The number of hydrogen-bond acceptors (Lipinski definition) is 9. The fourth-order valence-electron chi connectivity index (χ4n) is 7.65. The fourth-order valence-corrected chi connectivity index (χ4v) is 7.65. The van der Waals surface area contributed by atoms with Crippen molar-refractivity contribution in [1.29, 1.82) is 0 Å². The first kappa shape index (κ1) is 27.8. The normalized spacial score (nSPS) is 43.9. The molecule has 38 heavy (non-hydrogen) atoms. The lowest BCUT2D eigenvalue weighted by molar-refractivity contribution is -0.264. The number of fused-ring (bicyclic) bond motifs is 1. The van der Waals surface area contributed by atoms with E-state index >= 15 is 0 Å². The van der Waals surface area contributed by atoms with Crippen molar-refractivity contribution in [1.82, 2.24) is 0 Å². The monoisotopic (exact) mass is 536 g/mol. The maximum absolute atomic E-state index is 12.4. The molecule has 7 aliphatic rings. The van der Waals surface area contributed by atoms with E-state index in [4.69, 9.17) is 18.9 Å². The van der Waals surface area contributed by atoms with Crippen molar-refractivity contribution in [3.05, 3.63) is 0 Å². The molecule has 0 amide bonds. The zero-order valence-electron chi connectivity index (χ0n) is 23.6. The van der Waals surface area contributed by atoms with E-state index in [1.54, 1.807) is 0 Å². The van der Waals surface area contributed by atoms with Crippen molar-refractivity contribution in [2.75, 3.05) is 0 Å². The highest BCUT2D eigenvalue weighted by Gasteiger charge is 2.66. The number of esters is 3. The van der Waals surface area contributed by atoms with E-state index in [1.165, 1.54) is 0 Å². The molecule has 3 aliphatic heterocycles. The Balaban J connectivity index is 0.000000156. The Bertz CT molecular complexity index is 984. The summed E-state index contributed by atoms with van der Waals surface area (Å²) in [6.45, 7) is 11.4. The Hall–Kier alpha value is -1.71. The number of carbonyl (C=O) groups excluding carboxylic acids is 3. The van der Waals surface area contributed by atoms with Gasteiger partial charge in [-0.2, -0.15) is 0 Å². The Morgan fingerprint density at radius 3 is 2.05 bits per heavy atom. The average Bonchev–Trinajstić information content (AvgIpc) is 3.42. The molecule has 4 saturated carbocycles. The molecule has 4 aliphatic carbocycles. The van der Waals surface area contributed by atoms with Gasteiger partial charge in [0.05, 0.1) is 34.1 Å². The number of hydrogen-bond donors (Lipinski definition) is 2. The van der Waals surface area contributed by atoms with Gasteiger partial charge in [0.1, 0.15) is 11.7 Å². The van der Waals surface area contributed by atoms with Gasteiger partial charge >= 0.3 is 17.9 Å². The molecule has 214 valence electrons. The van der Waals surface area contributed by atoms with Crippen LogP contribution in [0.2, 0.25) is 0 Å². The second-order valence-corrected chi connectivity index (χ2v) is 14.3. The van der Waals surface area contributed by atoms with Crippen LogP contribution < -0.4 is 0 Å². The molecule has 0 spiro atoms. The van der Waals surface area contributed by atoms with Crippen LogP contribution >= 0.6 is 0 Å². The molecule has 0 aromatic rings. The lowest BCUT2D eigenvalue weighted by Crippen LogP contribution is -2.67. The highest BCUT2D eigenvalue weighted by molar-refractivity contribution is 5.79. The minimum absolute atomic E-state index is 0.144. The van der Waals surface area contributed by atoms with Crippen LogP contribution in [-0.4, -0.2) is 69.3 Å². The summed E-state index contributed by atoms with van der Waals surface area (Å²) < 4.78 is 22.3. The number of carbonyl (C=O) groups is 3. The van der Waals surface area contributed by atoms with Crippen molar-refractivity contribution in [3.63, 3.8) is 0 Å². The summed E-state index contributed by atoms with van der Waals surface area (Å²) in [6.07, 6.45) is 4.56. The van der Waals surface area contributed by atoms with Crippen LogP contribution in [0.15, 0.2) is 0 Å². The maximum atomic E-state index is 12.4. The maximum Gasteiger partial charge on any atom is 0.312 e. The van der Waals surface area contributed by atoms with Gasteiger partial charge in [-0.1, -0.05) is 13.8 Å². The van der Waals surface area contributed by atoms with Crippen LogP contribution in [0.4, 0.5) is 0 Å². The quantitative estimate of drug-likeness (QED) is 0.388. The van der Waals surface area contributed by atoms with E-state index in [-0.39, 0.29) is 42.0 Å². The molecule has 7 unspecified atom stereocenters.